The number of carbonyl (C=O) groups is 1. The number of benzene rings is 1. The highest BCUT2D eigenvalue weighted by Gasteiger charge is 2.37. The zero-order valence-corrected chi connectivity index (χ0v) is 13.1. The molecular formula is C16H17F3N2O3. The molecule has 0 radical (unpaired) electrons. The molecule has 130 valence electrons. The number of alkyl halides is 3. The Morgan fingerprint density at radius 3 is 2.67 bits per heavy atom. The van der Waals surface area contributed by atoms with Crippen molar-refractivity contribution in [3.63, 3.8) is 0 Å². The molecule has 0 unspecified atom stereocenters. The number of methoxy groups -OCH3 is 1. The molecule has 2 amide bonds. The van der Waals surface area contributed by atoms with Crippen LogP contribution in [0.2, 0.25) is 0 Å². The summed E-state index contributed by atoms with van der Waals surface area (Å²) in [6, 6.07) is 3.37. The van der Waals surface area contributed by atoms with Crippen molar-refractivity contribution in [3.8, 4) is 11.5 Å². The first-order valence-electron chi connectivity index (χ1n) is 7.19. The first-order chi connectivity index (χ1) is 11.3. The minimum atomic E-state index is -4.61. The van der Waals surface area contributed by atoms with Gasteiger partial charge in [0.05, 0.1) is 19.8 Å². The maximum Gasteiger partial charge on any atom is 0.431 e. The number of ether oxygens (including phenoxy) is 2. The predicted octanol–water partition coefficient (Wildman–Crippen LogP) is 3.23. The molecule has 0 spiro atoms. The molecule has 5 nitrogen and oxygen atoms in total. The van der Waals surface area contributed by atoms with Gasteiger partial charge in [-0.3, -0.25) is 0 Å². The van der Waals surface area contributed by atoms with Crippen LogP contribution in [0.5, 0.6) is 11.5 Å². The topological polar surface area (TPSA) is 59.6 Å². The first-order valence-corrected chi connectivity index (χ1v) is 7.19. The van der Waals surface area contributed by atoms with Crippen LogP contribution >= 0.6 is 0 Å². The van der Waals surface area contributed by atoms with Crippen molar-refractivity contribution in [2.45, 2.75) is 19.1 Å². The second-order valence-electron chi connectivity index (χ2n) is 4.90. The Labute approximate surface area is 137 Å². The van der Waals surface area contributed by atoms with Gasteiger partial charge >= 0.3 is 12.2 Å². The molecule has 1 aliphatic rings. The number of hydrogen-bond acceptors (Lipinski definition) is 3. The average Bonchev–Trinajstić information content (AvgIpc) is 2.52. The standard InChI is InChI=1S/C16H17F3N2O3/c1-3-24-13-8-10(5-7-12(13)23-2)4-6-11-9-14(16(17,18)19)21-15(22)20-11/h4-9,11H,3H2,1-2H3,(H2,20,21,22)/b6-4+/t11-/m0/s1. The van der Waals surface area contributed by atoms with Crippen LogP contribution in [0.4, 0.5) is 18.0 Å². The van der Waals surface area contributed by atoms with Crippen LogP contribution in [0, 0.1) is 0 Å². The molecule has 0 aromatic heterocycles. The number of halogens is 3. The maximum atomic E-state index is 12.7. The summed E-state index contributed by atoms with van der Waals surface area (Å²) in [5.74, 6) is 1.09. The van der Waals surface area contributed by atoms with E-state index in [0.717, 1.165) is 6.08 Å². The van der Waals surface area contributed by atoms with E-state index in [1.165, 1.54) is 13.2 Å². The Bertz CT molecular complexity index is 669. The molecule has 0 saturated heterocycles. The molecule has 1 heterocycles. The van der Waals surface area contributed by atoms with Crippen LogP contribution in [0.1, 0.15) is 12.5 Å². The second kappa shape index (κ2) is 7.29. The summed E-state index contributed by atoms with van der Waals surface area (Å²) in [4.78, 5) is 11.3. The quantitative estimate of drug-likeness (QED) is 0.864. The summed E-state index contributed by atoms with van der Waals surface area (Å²) >= 11 is 0. The van der Waals surface area contributed by atoms with Crippen molar-refractivity contribution in [1.82, 2.24) is 10.6 Å². The molecule has 8 heteroatoms. The molecule has 0 bridgehead atoms. The van der Waals surface area contributed by atoms with E-state index in [1.807, 2.05) is 6.92 Å². The van der Waals surface area contributed by atoms with Crippen molar-refractivity contribution in [3.05, 3.63) is 41.6 Å². The van der Waals surface area contributed by atoms with Gasteiger partial charge in [-0.2, -0.15) is 13.2 Å². The van der Waals surface area contributed by atoms with Gasteiger partial charge in [-0.25, -0.2) is 4.79 Å². The fourth-order valence-electron chi connectivity index (χ4n) is 2.12. The fourth-order valence-corrected chi connectivity index (χ4v) is 2.12. The SMILES string of the molecule is CCOc1cc(/C=C/[C@H]2C=C(C(F)(F)F)NC(=O)N2)ccc1OC. The molecule has 2 N–H and O–H groups in total. The van der Waals surface area contributed by atoms with E-state index in [0.29, 0.717) is 23.7 Å². The third-order valence-electron chi connectivity index (χ3n) is 3.18. The molecule has 0 saturated carbocycles. The highest BCUT2D eigenvalue weighted by atomic mass is 19.4. The molecule has 0 fully saturated rings. The Morgan fingerprint density at radius 1 is 1.29 bits per heavy atom. The van der Waals surface area contributed by atoms with Gasteiger partial charge in [0.1, 0.15) is 5.70 Å². The van der Waals surface area contributed by atoms with Crippen molar-refractivity contribution in [2.75, 3.05) is 13.7 Å². The van der Waals surface area contributed by atoms with Crippen molar-refractivity contribution >= 4 is 12.1 Å². The molecule has 1 atom stereocenters. The van der Waals surface area contributed by atoms with Crippen molar-refractivity contribution in [1.29, 1.82) is 0 Å². The summed E-state index contributed by atoms with van der Waals surface area (Å²) < 4.78 is 48.7. The Kier molecular flexibility index (Phi) is 5.38. The summed E-state index contributed by atoms with van der Waals surface area (Å²) in [6.07, 6.45) is -0.637. The maximum absolute atomic E-state index is 12.7. The number of carbonyl (C=O) groups excluding carboxylic acids is 1. The van der Waals surface area contributed by atoms with Crippen molar-refractivity contribution in [2.24, 2.45) is 0 Å². The summed E-state index contributed by atoms with van der Waals surface area (Å²) in [7, 11) is 1.52. The Morgan fingerprint density at radius 2 is 2.04 bits per heavy atom. The van der Waals surface area contributed by atoms with E-state index in [4.69, 9.17) is 9.47 Å². The zero-order valence-electron chi connectivity index (χ0n) is 13.1. The molecule has 1 aliphatic heterocycles. The van der Waals surface area contributed by atoms with Gasteiger partial charge in [-0.05, 0) is 30.7 Å². The average molecular weight is 342 g/mol. The van der Waals surface area contributed by atoms with Gasteiger partial charge in [0.2, 0.25) is 0 Å². The van der Waals surface area contributed by atoms with Crippen LogP contribution < -0.4 is 20.1 Å². The molecule has 0 aliphatic carbocycles. The van der Waals surface area contributed by atoms with E-state index < -0.39 is 23.9 Å². The van der Waals surface area contributed by atoms with E-state index in [-0.39, 0.29) is 0 Å². The van der Waals surface area contributed by atoms with Crippen molar-refractivity contribution < 1.29 is 27.4 Å². The van der Waals surface area contributed by atoms with Gasteiger partial charge in [0, 0.05) is 0 Å². The lowest BCUT2D eigenvalue weighted by Crippen LogP contribution is -2.48. The highest BCUT2D eigenvalue weighted by molar-refractivity contribution is 5.78. The van der Waals surface area contributed by atoms with E-state index in [9.17, 15) is 18.0 Å². The van der Waals surface area contributed by atoms with Gasteiger partial charge in [0.25, 0.3) is 0 Å². The van der Waals surface area contributed by atoms with Gasteiger partial charge < -0.3 is 20.1 Å². The first kappa shape index (κ1) is 17.7. The number of allylic oxidation sites excluding steroid dienone is 1. The number of rotatable bonds is 5. The molecular weight excluding hydrogens is 325 g/mol. The molecule has 2 rings (SSSR count). The fraction of sp³-hybridized carbons (Fsp3) is 0.312. The largest absolute Gasteiger partial charge is 0.493 e. The number of hydrogen-bond donors (Lipinski definition) is 2. The highest BCUT2D eigenvalue weighted by Crippen LogP contribution is 2.29. The van der Waals surface area contributed by atoms with E-state index >= 15 is 0 Å². The van der Waals surface area contributed by atoms with Gasteiger partial charge in [-0.1, -0.05) is 18.2 Å². The number of nitrogens with one attached hydrogen (secondary N) is 2. The van der Waals surface area contributed by atoms with Crippen LogP contribution in [-0.2, 0) is 0 Å². The third-order valence-corrected chi connectivity index (χ3v) is 3.18. The lowest BCUT2D eigenvalue weighted by atomic mass is 10.1. The number of amides is 2. The molecule has 1 aromatic rings. The third kappa shape index (κ3) is 4.43. The van der Waals surface area contributed by atoms with Gasteiger partial charge in [0.15, 0.2) is 11.5 Å². The Balaban J connectivity index is 2.20. The molecule has 1 aromatic carbocycles. The predicted molar refractivity (Wildman–Crippen MR) is 82.8 cm³/mol. The number of urea groups is 1. The molecule has 24 heavy (non-hydrogen) atoms. The lowest BCUT2D eigenvalue weighted by molar-refractivity contribution is -0.0963. The minimum Gasteiger partial charge on any atom is -0.493 e. The van der Waals surface area contributed by atoms with Crippen LogP contribution in [0.3, 0.4) is 0 Å². The summed E-state index contributed by atoms with van der Waals surface area (Å²) in [5.41, 5.74) is -0.375. The Hall–Kier alpha value is -2.64. The minimum absolute atomic E-state index is 0.450. The van der Waals surface area contributed by atoms with Crippen LogP contribution in [0.15, 0.2) is 36.0 Å². The van der Waals surface area contributed by atoms with Crippen LogP contribution in [0.25, 0.3) is 6.08 Å². The second-order valence-corrected chi connectivity index (χ2v) is 4.90. The van der Waals surface area contributed by atoms with E-state index in [2.05, 4.69) is 5.32 Å². The normalized spacial score (nSPS) is 18.0. The lowest BCUT2D eigenvalue weighted by Gasteiger charge is -2.22. The smallest absolute Gasteiger partial charge is 0.431 e. The van der Waals surface area contributed by atoms with Gasteiger partial charge in [-0.15, -0.1) is 0 Å². The zero-order chi connectivity index (χ0) is 17.7. The summed E-state index contributed by atoms with van der Waals surface area (Å²) in [6.45, 7) is 2.28. The van der Waals surface area contributed by atoms with Crippen LogP contribution in [-0.4, -0.2) is 32.0 Å². The monoisotopic (exact) mass is 342 g/mol. The summed E-state index contributed by atoms with van der Waals surface area (Å²) in [5, 5.41) is 4.12. The van der Waals surface area contributed by atoms with E-state index in [1.54, 1.807) is 29.6 Å².